The van der Waals surface area contributed by atoms with Crippen molar-refractivity contribution in [3.63, 3.8) is 0 Å². The van der Waals surface area contributed by atoms with E-state index in [0.717, 1.165) is 19.3 Å². The van der Waals surface area contributed by atoms with E-state index in [-0.39, 0.29) is 29.7 Å². The zero-order valence-electron chi connectivity index (χ0n) is 19.7. The predicted octanol–water partition coefficient (Wildman–Crippen LogP) is 4.95. The number of carbonyl (C=O) groups excluding carboxylic acids is 2. The van der Waals surface area contributed by atoms with Crippen LogP contribution in [-0.2, 0) is 14.4 Å². The maximum Gasteiger partial charge on any atom is 0.490 e. The van der Waals surface area contributed by atoms with E-state index in [9.17, 15) is 22.8 Å². The summed E-state index contributed by atoms with van der Waals surface area (Å²) < 4.78 is 31.7. The van der Waals surface area contributed by atoms with Gasteiger partial charge in [-0.1, -0.05) is 51.1 Å². The van der Waals surface area contributed by atoms with Crippen molar-refractivity contribution in [2.45, 2.75) is 77.2 Å². The van der Waals surface area contributed by atoms with Crippen molar-refractivity contribution >= 4 is 17.7 Å². The summed E-state index contributed by atoms with van der Waals surface area (Å²) >= 11 is 0. The SMILES string of the molecule is CC[C@H](N)C(=O)C[C@H](/C=C/C(=O)N1[C@@H]2CC[C@H]1c1ccccc12)CC(C)C.O=C(O)C(F)(F)F. The Morgan fingerprint density at radius 3 is 2.06 bits per heavy atom. The van der Waals surface area contributed by atoms with Crippen molar-refractivity contribution in [1.29, 1.82) is 0 Å². The molecule has 0 unspecified atom stereocenters. The number of hydrogen-bond donors (Lipinski definition) is 2. The number of Topliss-reactive ketones (excluding diaryl/α,β-unsaturated/α-hetero) is 1. The van der Waals surface area contributed by atoms with Crippen LogP contribution >= 0.6 is 0 Å². The molecule has 34 heavy (non-hydrogen) atoms. The topological polar surface area (TPSA) is 101 Å². The molecule has 2 bridgehead atoms. The first-order valence-electron chi connectivity index (χ1n) is 11.5. The van der Waals surface area contributed by atoms with Gasteiger partial charge < -0.3 is 15.7 Å². The predicted molar refractivity (Wildman–Crippen MR) is 122 cm³/mol. The zero-order chi connectivity index (χ0) is 25.6. The Labute approximate surface area is 198 Å². The maximum absolute atomic E-state index is 13.0. The number of carboxylic acids is 1. The number of nitrogens with zero attached hydrogens (tertiary/aromatic N) is 1. The number of rotatable bonds is 8. The normalized spacial score (nSPS) is 20.6. The lowest BCUT2D eigenvalue weighted by molar-refractivity contribution is -0.192. The van der Waals surface area contributed by atoms with E-state index in [1.165, 1.54) is 11.1 Å². The Hall–Kier alpha value is -2.68. The fraction of sp³-hybridized carbons (Fsp3) is 0.560. The molecule has 2 aliphatic rings. The molecule has 6 nitrogen and oxygen atoms in total. The molecule has 0 radical (unpaired) electrons. The first-order valence-corrected chi connectivity index (χ1v) is 11.5. The third-order valence-electron chi connectivity index (χ3n) is 6.20. The van der Waals surface area contributed by atoms with E-state index < -0.39 is 18.2 Å². The van der Waals surface area contributed by atoms with Crippen LogP contribution in [-0.4, -0.2) is 39.9 Å². The molecule has 3 N–H and O–H groups in total. The lowest BCUT2D eigenvalue weighted by Crippen LogP contribution is -2.31. The second-order valence-corrected chi connectivity index (χ2v) is 9.22. The van der Waals surface area contributed by atoms with E-state index in [0.29, 0.717) is 18.8 Å². The van der Waals surface area contributed by atoms with Crippen LogP contribution < -0.4 is 5.73 Å². The first kappa shape index (κ1) is 27.6. The van der Waals surface area contributed by atoms with Gasteiger partial charge in [0.15, 0.2) is 0 Å². The van der Waals surface area contributed by atoms with Gasteiger partial charge >= 0.3 is 12.1 Å². The van der Waals surface area contributed by atoms with E-state index in [1.807, 2.05) is 17.9 Å². The molecule has 4 atom stereocenters. The average molecular weight is 483 g/mol. The summed E-state index contributed by atoms with van der Waals surface area (Å²) in [6.45, 7) is 6.22. The third kappa shape index (κ3) is 6.91. The number of nitrogens with two attached hydrogens (primary N) is 1. The zero-order valence-corrected chi connectivity index (χ0v) is 19.7. The summed E-state index contributed by atoms with van der Waals surface area (Å²) in [4.78, 5) is 36.2. The molecule has 2 aliphatic heterocycles. The lowest BCUT2D eigenvalue weighted by atomic mass is 9.90. The van der Waals surface area contributed by atoms with E-state index in [1.54, 1.807) is 6.08 Å². The van der Waals surface area contributed by atoms with Crippen molar-refractivity contribution in [3.8, 4) is 0 Å². The standard InChI is InChI=1S/C23H32N2O2.C2HF3O2/c1-4-19(24)22(26)14-16(13-15(2)3)9-12-23(27)25-20-10-11-21(25)18-8-6-5-7-17(18)20;3-2(4,5)1(6)7/h5-9,12,15-16,19-21H,4,10-11,13-14,24H2,1-3H3;(H,6,7)/b12-9+;/t16-,19+,20-,21+;/m1./s1. The van der Waals surface area contributed by atoms with Crippen molar-refractivity contribution in [1.82, 2.24) is 4.90 Å². The number of hydrogen-bond acceptors (Lipinski definition) is 4. The molecule has 0 spiro atoms. The molecule has 0 aromatic heterocycles. The Bertz CT molecular complexity index is 883. The lowest BCUT2D eigenvalue weighted by Gasteiger charge is -2.21. The van der Waals surface area contributed by atoms with Gasteiger partial charge in [-0.3, -0.25) is 9.59 Å². The van der Waals surface area contributed by atoms with Crippen LogP contribution in [0.5, 0.6) is 0 Å². The van der Waals surface area contributed by atoms with Crippen molar-refractivity contribution in [2.24, 2.45) is 17.6 Å². The van der Waals surface area contributed by atoms with E-state index in [2.05, 4.69) is 38.1 Å². The number of ketones is 1. The molecule has 1 amide bonds. The van der Waals surface area contributed by atoms with Gasteiger partial charge in [-0.25, -0.2) is 4.79 Å². The third-order valence-corrected chi connectivity index (χ3v) is 6.20. The van der Waals surface area contributed by atoms with Crippen LogP contribution in [0.4, 0.5) is 13.2 Å². The maximum atomic E-state index is 13.0. The Kier molecular flexibility index (Phi) is 9.44. The number of alkyl halides is 3. The average Bonchev–Trinajstić information content (AvgIpc) is 3.33. The number of amides is 1. The Balaban J connectivity index is 0.000000509. The number of carboxylic acid groups (broad SMARTS) is 1. The van der Waals surface area contributed by atoms with Gasteiger partial charge in [0.1, 0.15) is 5.78 Å². The van der Waals surface area contributed by atoms with Gasteiger partial charge in [0.05, 0.1) is 18.1 Å². The van der Waals surface area contributed by atoms with Gasteiger partial charge in [0, 0.05) is 6.42 Å². The highest BCUT2D eigenvalue weighted by Crippen LogP contribution is 2.52. The summed E-state index contributed by atoms with van der Waals surface area (Å²) in [7, 11) is 0. The van der Waals surface area contributed by atoms with E-state index >= 15 is 0 Å². The second kappa shape index (κ2) is 11.6. The summed E-state index contributed by atoms with van der Waals surface area (Å²) in [5.74, 6) is -2.06. The molecule has 2 heterocycles. The largest absolute Gasteiger partial charge is 0.490 e. The molecule has 1 aromatic carbocycles. The molecule has 1 saturated heterocycles. The molecule has 188 valence electrons. The number of allylic oxidation sites excluding steroid dienone is 1. The van der Waals surface area contributed by atoms with Crippen LogP contribution in [0.3, 0.4) is 0 Å². The first-order chi connectivity index (χ1) is 15.9. The molecule has 1 aromatic rings. The highest BCUT2D eigenvalue weighted by molar-refractivity contribution is 5.90. The minimum Gasteiger partial charge on any atom is -0.475 e. The number of aliphatic carboxylic acids is 1. The van der Waals surface area contributed by atoms with Gasteiger partial charge in [-0.15, -0.1) is 0 Å². The molecule has 9 heteroatoms. The van der Waals surface area contributed by atoms with Gasteiger partial charge in [0.2, 0.25) is 5.91 Å². The quantitative estimate of drug-likeness (QED) is 0.511. The monoisotopic (exact) mass is 482 g/mol. The molecular weight excluding hydrogens is 449 g/mol. The molecule has 3 rings (SSSR count). The summed E-state index contributed by atoms with van der Waals surface area (Å²) in [5, 5.41) is 7.12. The Morgan fingerprint density at radius 1 is 1.15 bits per heavy atom. The van der Waals surface area contributed by atoms with Crippen molar-refractivity contribution in [3.05, 3.63) is 47.5 Å². The molecule has 0 aliphatic carbocycles. The van der Waals surface area contributed by atoms with Crippen LogP contribution in [0.2, 0.25) is 0 Å². The van der Waals surface area contributed by atoms with E-state index in [4.69, 9.17) is 15.6 Å². The second-order valence-electron chi connectivity index (χ2n) is 9.22. The van der Waals surface area contributed by atoms with Gasteiger partial charge in [-0.2, -0.15) is 13.2 Å². The molecular formula is C25H33F3N2O4. The summed E-state index contributed by atoms with van der Waals surface area (Å²) in [5.41, 5.74) is 8.50. The number of benzene rings is 1. The van der Waals surface area contributed by atoms with Crippen LogP contribution in [0.15, 0.2) is 36.4 Å². The Morgan fingerprint density at radius 2 is 1.65 bits per heavy atom. The van der Waals surface area contributed by atoms with Crippen LogP contribution in [0.25, 0.3) is 0 Å². The fourth-order valence-corrected chi connectivity index (χ4v) is 4.62. The highest BCUT2D eigenvalue weighted by Gasteiger charge is 2.45. The smallest absolute Gasteiger partial charge is 0.475 e. The number of fused-ring (bicyclic) bond motifs is 5. The van der Waals surface area contributed by atoms with Gasteiger partial charge in [0.25, 0.3) is 0 Å². The minimum absolute atomic E-state index is 0.0692. The number of carbonyl (C=O) groups is 3. The van der Waals surface area contributed by atoms with Crippen molar-refractivity contribution < 1.29 is 32.7 Å². The summed E-state index contributed by atoms with van der Waals surface area (Å²) in [6.07, 6.45) is 2.62. The number of halogens is 3. The molecule has 0 saturated carbocycles. The van der Waals surface area contributed by atoms with Crippen LogP contribution in [0.1, 0.15) is 76.1 Å². The molecule has 1 fully saturated rings. The van der Waals surface area contributed by atoms with Crippen LogP contribution in [0, 0.1) is 11.8 Å². The highest BCUT2D eigenvalue weighted by atomic mass is 19.4. The van der Waals surface area contributed by atoms with Crippen molar-refractivity contribution in [2.75, 3.05) is 0 Å². The minimum atomic E-state index is -5.08. The summed E-state index contributed by atoms with van der Waals surface area (Å²) in [6, 6.07) is 8.43. The fourth-order valence-electron chi connectivity index (χ4n) is 4.62. The van der Waals surface area contributed by atoms with Gasteiger partial charge in [-0.05, 0) is 54.7 Å².